The molecule has 44 heavy (non-hydrogen) atoms. The maximum absolute atomic E-state index is 16.8. The summed E-state index contributed by atoms with van der Waals surface area (Å²) in [4.78, 5) is 18.2. The van der Waals surface area contributed by atoms with Gasteiger partial charge in [0.15, 0.2) is 10.9 Å². The average molecular weight is 644 g/mol. The van der Waals surface area contributed by atoms with Crippen molar-refractivity contribution in [3.05, 3.63) is 34.9 Å². The van der Waals surface area contributed by atoms with Crippen LogP contribution in [-0.2, 0) is 0 Å². The van der Waals surface area contributed by atoms with E-state index < -0.39 is 23.3 Å². The number of nitrogens with one attached hydrogen (secondary N) is 1. The summed E-state index contributed by atoms with van der Waals surface area (Å²) >= 11 is 7.84. The van der Waals surface area contributed by atoms with Gasteiger partial charge in [-0.3, -0.25) is 4.90 Å². The molecule has 3 N–H and O–H groups in total. The molecule has 4 saturated heterocycles. The van der Waals surface area contributed by atoms with Gasteiger partial charge in [0.1, 0.15) is 29.9 Å². The summed E-state index contributed by atoms with van der Waals surface area (Å²) in [7, 11) is 0. The van der Waals surface area contributed by atoms with E-state index in [2.05, 4.69) is 25.1 Å². The Hall–Kier alpha value is -2.93. The Bertz CT molecular complexity index is 1760. The fourth-order valence-electron chi connectivity index (χ4n) is 7.88. The molecule has 4 atom stereocenters. The molecule has 2 aromatic carbocycles. The molecule has 4 aromatic rings. The molecule has 2 bridgehead atoms. The number of benzene rings is 2. The van der Waals surface area contributed by atoms with Crippen LogP contribution in [0.5, 0.6) is 6.01 Å². The summed E-state index contributed by atoms with van der Waals surface area (Å²) in [6.45, 7) is 3.85. The van der Waals surface area contributed by atoms with E-state index in [1.165, 1.54) is 18.6 Å². The predicted molar refractivity (Wildman–Crippen MR) is 167 cm³/mol. The summed E-state index contributed by atoms with van der Waals surface area (Å²) in [5, 5.41) is 4.46. The molecule has 0 saturated carbocycles. The summed E-state index contributed by atoms with van der Waals surface area (Å²) in [6.07, 6.45) is 4.64. The van der Waals surface area contributed by atoms with Crippen LogP contribution in [0.25, 0.3) is 32.2 Å². The molecule has 2 unspecified atom stereocenters. The van der Waals surface area contributed by atoms with Gasteiger partial charge in [-0.2, -0.15) is 9.97 Å². The van der Waals surface area contributed by atoms with Crippen LogP contribution >= 0.6 is 22.9 Å². The van der Waals surface area contributed by atoms with Gasteiger partial charge in [0.05, 0.1) is 20.8 Å². The van der Waals surface area contributed by atoms with Crippen LogP contribution in [0.3, 0.4) is 0 Å². The highest BCUT2D eigenvalue weighted by Crippen LogP contribution is 2.44. The Labute approximate surface area is 261 Å². The molecule has 4 fully saturated rings. The van der Waals surface area contributed by atoms with E-state index in [1.807, 2.05) is 0 Å². The van der Waals surface area contributed by atoms with E-state index in [0.717, 1.165) is 56.7 Å². The summed E-state index contributed by atoms with van der Waals surface area (Å²) < 4.78 is 52.4. The van der Waals surface area contributed by atoms with E-state index >= 15 is 4.39 Å². The fourth-order valence-corrected chi connectivity index (χ4v) is 8.94. The minimum atomic E-state index is -0.898. The van der Waals surface area contributed by atoms with Crippen LogP contribution in [0, 0.1) is 17.6 Å². The van der Waals surface area contributed by atoms with Gasteiger partial charge in [-0.25, -0.2) is 18.2 Å². The summed E-state index contributed by atoms with van der Waals surface area (Å²) in [5.41, 5.74) is 6.20. The van der Waals surface area contributed by atoms with Crippen molar-refractivity contribution in [3.8, 4) is 17.1 Å². The van der Waals surface area contributed by atoms with Gasteiger partial charge in [0.2, 0.25) is 0 Å². The van der Waals surface area contributed by atoms with Gasteiger partial charge in [-0.05, 0) is 62.9 Å². The minimum Gasteiger partial charge on any atom is -0.461 e. The lowest BCUT2D eigenvalue weighted by Crippen LogP contribution is -2.43. The number of anilines is 2. The van der Waals surface area contributed by atoms with Crippen LogP contribution in [-0.4, -0.2) is 76.9 Å². The second-order valence-corrected chi connectivity index (χ2v) is 14.2. The van der Waals surface area contributed by atoms with Crippen molar-refractivity contribution in [1.82, 2.24) is 25.2 Å². The van der Waals surface area contributed by atoms with Crippen molar-refractivity contribution < 1.29 is 17.9 Å². The lowest BCUT2D eigenvalue weighted by Gasteiger charge is -2.32. The molecule has 8 nitrogen and oxygen atoms in total. The predicted octanol–water partition coefficient (Wildman–Crippen LogP) is 5.95. The SMILES string of the molecule is Nc1nc2c(-c3c(Cl)cc4c(N5CC6CCCC(C5)NC6)nc(OC[C@@]56CCCN5C[C@H](F)C6)nc4c3F)ccc(F)c2s1. The highest BCUT2D eigenvalue weighted by atomic mass is 35.5. The highest BCUT2D eigenvalue weighted by molar-refractivity contribution is 7.22. The van der Waals surface area contributed by atoms with Crippen molar-refractivity contribution in [2.24, 2.45) is 5.92 Å². The number of halogens is 4. The molecule has 2 aromatic heterocycles. The molecule has 0 aliphatic carbocycles. The largest absolute Gasteiger partial charge is 0.461 e. The Balaban J connectivity index is 1.27. The van der Waals surface area contributed by atoms with E-state index in [-0.39, 0.29) is 50.1 Å². The molecule has 0 spiro atoms. The van der Waals surface area contributed by atoms with E-state index in [9.17, 15) is 8.78 Å². The number of nitrogen functional groups attached to an aromatic ring is 1. The lowest BCUT2D eigenvalue weighted by atomic mass is 9.95. The Morgan fingerprint density at radius 3 is 2.89 bits per heavy atom. The molecular weight excluding hydrogens is 611 g/mol. The number of alkyl halides is 1. The van der Waals surface area contributed by atoms with Crippen molar-refractivity contribution in [1.29, 1.82) is 0 Å². The highest BCUT2D eigenvalue weighted by Gasteiger charge is 2.49. The zero-order valence-corrected chi connectivity index (χ0v) is 25.7. The van der Waals surface area contributed by atoms with Crippen molar-refractivity contribution in [2.45, 2.75) is 56.3 Å². The third kappa shape index (κ3) is 4.76. The van der Waals surface area contributed by atoms with Crippen molar-refractivity contribution >= 4 is 55.0 Å². The maximum Gasteiger partial charge on any atom is 0.319 e. The number of nitrogens with zero attached hydrogens (tertiary/aromatic N) is 5. The number of aromatic nitrogens is 3. The van der Waals surface area contributed by atoms with Gasteiger partial charge in [-0.15, -0.1) is 0 Å². The quantitative estimate of drug-likeness (QED) is 0.276. The molecule has 8 rings (SSSR count). The number of nitrogens with two attached hydrogens (primary N) is 1. The molecule has 0 amide bonds. The number of hydrogen-bond donors (Lipinski definition) is 2. The van der Waals surface area contributed by atoms with Gasteiger partial charge in [0, 0.05) is 48.6 Å². The van der Waals surface area contributed by atoms with Crippen LogP contribution in [0.1, 0.15) is 38.5 Å². The zero-order valence-electron chi connectivity index (χ0n) is 24.1. The first-order valence-electron chi connectivity index (χ1n) is 15.3. The summed E-state index contributed by atoms with van der Waals surface area (Å²) in [6, 6.07) is 4.76. The van der Waals surface area contributed by atoms with Gasteiger partial charge < -0.3 is 20.7 Å². The number of rotatable bonds is 5. The van der Waals surface area contributed by atoms with Crippen LogP contribution in [0.2, 0.25) is 5.02 Å². The number of fused-ring (bicyclic) bond motifs is 6. The number of ether oxygens (including phenoxy) is 1. The van der Waals surface area contributed by atoms with Crippen LogP contribution < -0.4 is 20.7 Å². The first kappa shape index (κ1) is 28.5. The van der Waals surface area contributed by atoms with Gasteiger partial charge in [-0.1, -0.05) is 29.4 Å². The number of hydrogen-bond acceptors (Lipinski definition) is 9. The average Bonchev–Trinajstić information content (AvgIpc) is 3.53. The third-order valence-corrected chi connectivity index (χ3v) is 11.1. The monoisotopic (exact) mass is 643 g/mol. The minimum absolute atomic E-state index is 0.0488. The topological polar surface area (TPSA) is 92.4 Å². The molecule has 4 aliphatic rings. The second kappa shape index (κ2) is 10.9. The van der Waals surface area contributed by atoms with E-state index in [0.29, 0.717) is 42.2 Å². The molecule has 232 valence electrons. The normalized spacial score (nSPS) is 27.3. The standard InChI is InChI=1S/C31H33ClF3N7OS/c32-21-9-20-25(24(35)23(21)19-5-6-22(34)27-26(19)38-29(36)44-27)39-30(43-15-31-7-2-8-42(31)13-17(33)10-31)40-28(20)41-12-16-3-1-4-18(14-41)37-11-16/h5-6,9,16-18,37H,1-4,7-8,10-15H2,(H2,36,38)/t16?,17-,18?,31+/m1/s1. The maximum atomic E-state index is 16.8. The van der Waals surface area contributed by atoms with Crippen molar-refractivity contribution in [2.75, 3.05) is 50.0 Å². The van der Waals surface area contributed by atoms with Gasteiger partial charge >= 0.3 is 6.01 Å². The van der Waals surface area contributed by atoms with Crippen LogP contribution in [0.4, 0.5) is 24.1 Å². The zero-order chi connectivity index (χ0) is 30.2. The molecule has 13 heteroatoms. The Kier molecular flexibility index (Phi) is 7.04. The van der Waals surface area contributed by atoms with E-state index in [1.54, 1.807) is 6.07 Å². The molecule has 0 radical (unpaired) electrons. The van der Waals surface area contributed by atoms with Gasteiger partial charge in [0.25, 0.3) is 0 Å². The van der Waals surface area contributed by atoms with Crippen LogP contribution in [0.15, 0.2) is 18.2 Å². The number of thiazole rings is 1. The molecule has 4 aliphatic heterocycles. The third-order valence-electron chi connectivity index (χ3n) is 9.93. The molecule has 6 heterocycles. The lowest BCUT2D eigenvalue weighted by molar-refractivity contribution is 0.107. The molecular formula is C31H33ClF3N7OS. The first-order chi connectivity index (χ1) is 21.3. The second-order valence-electron chi connectivity index (χ2n) is 12.8. The van der Waals surface area contributed by atoms with Crippen molar-refractivity contribution in [3.63, 3.8) is 0 Å². The first-order valence-corrected chi connectivity index (χ1v) is 16.5. The Morgan fingerprint density at radius 1 is 1.11 bits per heavy atom. The smallest absolute Gasteiger partial charge is 0.319 e. The Morgan fingerprint density at radius 2 is 2.00 bits per heavy atom. The summed E-state index contributed by atoms with van der Waals surface area (Å²) in [5.74, 6) is -0.168. The fraction of sp³-hybridized carbons (Fsp3) is 0.516. The van der Waals surface area contributed by atoms with E-state index in [4.69, 9.17) is 27.1 Å².